The molecule has 0 aliphatic rings. The van der Waals surface area contributed by atoms with Crippen molar-refractivity contribution >= 4 is 52.8 Å². The van der Waals surface area contributed by atoms with E-state index in [2.05, 4.69) is 5.32 Å². The van der Waals surface area contributed by atoms with Gasteiger partial charge in [-0.3, -0.25) is 4.79 Å². The third kappa shape index (κ3) is 7.45. The molecule has 1 atom stereocenters. The third-order valence-electron chi connectivity index (χ3n) is 3.65. The Balaban J connectivity index is 2.04. The van der Waals surface area contributed by atoms with Gasteiger partial charge in [0.15, 0.2) is 5.75 Å². The Morgan fingerprint density at radius 3 is 2.31 bits per heavy atom. The second-order valence-corrected chi connectivity index (χ2v) is 7.10. The molecule has 0 bridgehead atoms. The van der Waals surface area contributed by atoms with E-state index in [0.29, 0.717) is 0 Å². The molecule has 2 aromatic carbocycles. The average Bonchev–Trinajstić information content (AvgIpc) is 2.68. The van der Waals surface area contributed by atoms with Crippen LogP contribution in [0.3, 0.4) is 0 Å². The van der Waals surface area contributed by atoms with Crippen LogP contribution in [-0.2, 0) is 20.9 Å². The Bertz CT molecular complexity index is 893. The number of hydrogen-bond acceptors (Lipinski definition) is 5. The van der Waals surface area contributed by atoms with Crippen molar-refractivity contribution in [3.63, 3.8) is 0 Å². The van der Waals surface area contributed by atoms with Crippen LogP contribution in [0.1, 0.15) is 18.4 Å². The van der Waals surface area contributed by atoms with Gasteiger partial charge in [0.2, 0.25) is 5.91 Å². The summed E-state index contributed by atoms with van der Waals surface area (Å²) in [5, 5.41) is 2.72. The molecule has 10 heteroatoms. The van der Waals surface area contributed by atoms with Crippen molar-refractivity contribution in [1.82, 2.24) is 5.32 Å². The van der Waals surface area contributed by atoms with E-state index in [1.54, 1.807) is 24.3 Å². The maximum atomic E-state index is 12.5. The van der Waals surface area contributed by atoms with Crippen molar-refractivity contribution in [3.8, 4) is 5.75 Å². The minimum absolute atomic E-state index is 0.00286. The van der Waals surface area contributed by atoms with E-state index in [1.165, 1.54) is 12.1 Å². The fourth-order valence-electron chi connectivity index (χ4n) is 2.20. The van der Waals surface area contributed by atoms with Gasteiger partial charge in [0.25, 0.3) is 0 Å². The van der Waals surface area contributed by atoms with Gasteiger partial charge in [-0.05, 0) is 18.1 Å². The number of nitrogens with one attached hydrogen (secondary N) is 1. The fraction of sp³-hybridized carbons (Fsp3) is 0.211. The van der Waals surface area contributed by atoms with E-state index in [-0.39, 0.29) is 40.3 Å². The normalized spacial score (nSPS) is 11.4. The molecule has 0 aromatic heterocycles. The van der Waals surface area contributed by atoms with Gasteiger partial charge in [-0.2, -0.15) is 0 Å². The van der Waals surface area contributed by atoms with E-state index >= 15 is 0 Å². The SMILES string of the molecule is NC(=O)CC[C@H](NC(=O)OCc1ccccc1)C(=O)Oc1cc(Cl)c(Cl)cc1Cl. The minimum Gasteiger partial charge on any atom is -0.445 e. The van der Waals surface area contributed by atoms with Gasteiger partial charge in [0.05, 0.1) is 15.1 Å². The average molecular weight is 460 g/mol. The number of rotatable bonds is 8. The topological polar surface area (TPSA) is 108 Å². The van der Waals surface area contributed by atoms with Crippen LogP contribution < -0.4 is 15.8 Å². The van der Waals surface area contributed by atoms with Crippen molar-refractivity contribution in [1.29, 1.82) is 0 Å². The maximum Gasteiger partial charge on any atom is 0.408 e. The molecule has 2 rings (SSSR count). The molecular weight excluding hydrogens is 443 g/mol. The molecule has 7 nitrogen and oxygen atoms in total. The lowest BCUT2D eigenvalue weighted by atomic mass is 10.1. The monoisotopic (exact) mass is 458 g/mol. The highest BCUT2D eigenvalue weighted by molar-refractivity contribution is 6.43. The van der Waals surface area contributed by atoms with Crippen LogP contribution in [0.4, 0.5) is 4.79 Å². The van der Waals surface area contributed by atoms with Crippen molar-refractivity contribution in [3.05, 3.63) is 63.1 Å². The van der Waals surface area contributed by atoms with Crippen LogP contribution in [0.5, 0.6) is 5.75 Å². The van der Waals surface area contributed by atoms with Gasteiger partial charge in [0, 0.05) is 12.5 Å². The van der Waals surface area contributed by atoms with Gasteiger partial charge in [-0.25, -0.2) is 9.59 Å². The maximum absolute atomic E-state index is 12.5. The molecule has 0 unspecified atom stereocenters. The van der Waals surface area contributed by atoms with Gasteiger partial charge < -0.3 is 20.5 Å². The number of halogens is 3. The molecule has 29 heavy (non-hydrogen) atoms. The van der Waals surface area contributed by atoms with Crippen molar-refractivity contribution in [2.45, 2.75) is 25.5 Å². The number of carbonyl (C=O) groups is 3. The number of ether oxygens (including phenoxy) is 2. The summed E-state index contributed by atoms with van der Waals surface area (Å²) in [6, 6.07) is 10.4. The van der Waals surface area contributed by atoms with E-state index < -0.39 is 24.0 Å². The summed E-state index contributed by atoms with van der Waals surface area (Å²) in [6.45, 7) is 0.00286. The Morgan fingerprint density at radius 2 is 1.66 bits per heavy atom. The van der Waals surface area contributed by atoms with Crippen molar-refractivity contribution in [2.75, 3.05) is 0 Å². The van der Waals surface area contributed by atoms with E-state index in [1.807, 2.05) is 6.07 Å². The molecule has 154 valence electrons. The lowest BCUT2D eigenvalue weighted by Crippen LogP contribution is -2.43. The largest absolute Gasteiger partial charge is 0.445 e. The highest BCUT2D eigenvalue weighted by Crippen LogP contribution is 2.34. The Morgan fingerprint density at radius 1 is 1.00 bits per heavy atom. The summed E-state index contributed by atoms with van der Waals surface area (Å²) in [6.07, 6.45) is -1.11. The molecule has 0 saturated carbocycles. The van der Waals surface area contributed by atoms with Gasteiger partial charge in [0.1, 0.15) is 12.6 Å². The first kappa shape index (κ1) is 22.8. The zero-order valence-electron chi connectivity index (χ0n) is 15.0. The standard InChI is InChI=1S/C19H17Cl3N2O5/c20-12-8-14(22)16(9-13(12)21)29-18(26)15(6-7-17(23)25)24-19(27)28-10-11-4-2-1-3-5-11/h1-5,8-9,15H,6-7,10H2,(H2,23,25)(H,24,27)/t15-/m0/s1. The van der Waals surface area contributed by atoms with Crippen LogP contribution in [0, 0.1) is 0 Å². The predicted octanol–water partition coefficient (Wildman–Crippen LogP) is 4.11. The zero-order valence-corrected chi connectivity index (χ0v) is 17.3. The number of alkyl carbamates (subject to hydrolysis) is 1. The molecular formula is C19H17Cl3N2O5. The van der Waals surface area contributed by atoms with E-state index in [0.717, 1.165) is 5.56 Å². The minimum atomic E-state index is -1.20. The lowest BCUT2D eigenvalue weighted by Gasteiger charge is -2.17. The number of nitrogens with two attached hydrogens (primary N) is 1. The summed E-state index contributed by atoms with van der Waals surface area (Å²) < 4.78 is 10.3. The molecule has 0 saturated heterocycles. The van der Waals surface area contributed by atoms with Crippen LogP contribution in [0.15, 0.2) is 42.5 Å². The zero-order chi connectivity index (χ0) is 21.4. The van der Waals surface area contributed by atoms with Crippen LogP contribution in [0.2, 0.25) is 15.1 Å². The first-order valence-electron chi connectivity index (χ1n) is 8.38. The Kier molecular flexibility index (Phi) is 8.57. The number of esters is 1. The summed E-state index contributed by atoms with van der Waals surface area (Å²) in [4.78, 5) is 35.7. The summed E-state index contributed by atoms with van der Waals surface area (Å²) >= 11 is 17.7. The van der Waals surface area contributed by atoms with Gasteiger partial charge in [-0.1, -0.05) is 65.1 Å². The second-order valence-electron chi connectivity index (χ2n) is 5.88. The number of carbonyl (C=O) groups excluding carboxylic acids is 3. The Hall–Kier alpha value is -2.48. The first-order chi connectivity index (χ1) is 13.8. The van der Waals surface area contributed by atoms with E-state index in [9.17, 15) is 14.4 Å². The lowest BCUT2D eigenvalue weighted by molar-refractivity contribution is -0.136. The molecule has 0 fully saturated rings. The van der Waals surface area contributed by atoms with E-state index in [4.69, 9.17) is 50.0 Å². The highest BCUT2D eigenvalue weighted by atomic mass is 35.5. The van der Waals surface area contributed by atoms with Crippen LogP contribution in [0.25, 0.3) is 0 Å². The predicted molar refractivity (Wildman–Crippen MR) is 109 cm³/mol. The number of benzene rings is 2. The summed E-state index contributed by atoms with van der Waals surface area (Å²) in [5.41, 5.74) is 5.90. The number of hydrogen-bond donors (Lipinski definition) is 2. The summed E-state index contributed by atoms with van der Waals surface area (Å²) in [5.74, 6) is -1.56. The molecule has 0 spiro atoms. The molecule has 0 heterocycles. The quantitative estimate of drug-likeness (QED) is 0.351. The molecule has 2 amide bonds. The van der Waals surface area contributed by atoms with Crippen molar-refractivity contribution < 1.29 is 23.9 Å². The molecule has 2 aromatic rings. The molecule has 0 aliphatic carbocycles. The number of amides is 2. The summed E-state index contributed by atoms with van der Waals surface area (Å²) in [7, 11) is 0. The first-order valence-corrected chi connectivity index (χ1v) is 9.51. The van der Waals surface area contributed by atoms with Crippen LogP contribution in [-0.4, -0.2) is 24.0 Å². The molecule has 0 aliphatic heterocycles. The highest BCUT2D eigenvalue weighted by Gasteiger charge is 2.25. The molecule has 3 N–H and O–H groups in total. The van der Waals surface area contributed by atoms with Crippen LogP contribution >= 0.6 is 34.8 Å². The Labute approximate surface area is 182 Å². The smallest absolute Gasteiger partial charge is 0.408 e. The fourth-order valence-corrected chi connectivity index (χ4v) is 2.78. The third-order valence-corrected chi connectivity index (χ3v) is 4.67. The molecule has 0 radical (unpaired) electrons. The van der Waals surface area contributed by atoms with Gasteiger partial charge in [-0.15, -0.1) is 0 Å². The van der Waals surface area contributed by atoms with Gasteiger partial charge >= 0.3 is 12.1 Å². The second kappa shape index (κ2) is 10.9. The number of primary amides is 1. The van der Waals surface area contributed by atoms with Crippen molar-refractivity contribution in [2.24, 2.45) is 5.73 Å².